The molecule has 2 aromatic heterocycles. The highest BCUT2D eigenvalue weighted by atomic mass is 35.5. The molecule has 180 valence electrons. The highest BCUT2D eigenvalue weighted by Gasteiger charge is 2.30. The Morgan fingerprint density at radius 3 is 2.68 bits per heavy atom. The van der Waals surface area contributed by atoms with Crippen molar-refractivity contribution in [3.63, 3.8) is 0 Å². The number of aliphatic hydroxyl groups is 1. The lowest BCUT2D eigenvalue weighted by Gasteiger charge is -2.29. The van der Waals surface area contributed by atoms with Gasteiger partial charge in [0.1, 0.15) is 11.3 Å². The number of nitrogens with zero attached hydrogens (tertiary/aromatic N) is 4. The number of nitrogens with two attached hydrogens (primary N) is 1. The van der Waals surface area contributed by atoms with Crippen LogP contribution in [0.4, 0.5) is 22.0 Å². The molecular weight excluding hydrogens is 461 g/mol. The van der Waals surface area contributed by atoms with Crippen LogP contribution in [0.5, 0.6) is 0 Å². The first kappa shape index (κ1) is 22.8. The van der Waals surface area contributed by atoms with E-state index in [1.165, 1.54) is 18.2 Å². The zero-order chi connectivity index (χ0) is 23.8. The summed E-state index contributed by atoms with van der Waals surface area (Å²) in [7, 11) is 0. The molecule has 9 nitrogen and oxygen atoms in total. The number of amides is 1. The van der Waals surface area contributed by atoms with Crippen molar-refractivity contribution in [1.29, 1.82) is 0 Å². The molecule has 0 bridgehead atoms. The van der Waals surface area contributed by atoms with Crippen LogP contribution < -0.4 is 16.4 Å². The van der Waals surface area contributed by atoms with Crippen LogP contribution in [-0.4, -0.2) is 42.7 Å². The summed E-state index contributed by atoms with van der Waals surface area (Å²) in [6.45, 7) is 0. The van der Waals surface area contributed by atoms with E-state index >= 15 is 0 Å². The van der Waals surface area contributed by atoms with Gasteiger partial charge in [0.2, 0.25) is 17.8 Å². The van der Waals surface area contributed by atoms with Gasteiger partial charge in [-0.1, -0.05) is 11.6 Å². The summed E-state index contributed by atoms with van der Waals surface area (Å²) in [6.07, 6.45) is 6.47. The van der Waals surface area contributed by atoms with Crippen LogP contribution >= 0.6 is 11.6 Å². The molecule has 2 saturated carbocycles. The first-order chi connectivity index (χ1) is 16.4. The zero-order valence-corrected chi connectivity index (χ0v) is 19.3. The number of rotatable bonds is 6. The zero-order valence-electron chi connectivity index (χ0n) is 18.5. The molecule has 0 radical (unpaired) electrons. The van der Waals surface area contributed by atoms with Gasteiger partial charge < -0.3 is 21.5 Å². The SMILES string of the molecule is NC(=O)[C@H]1CC[C@H](n2c(Nc3cc(Cl)ccc3F)nc3cnc(N[C@@H]4CCC[C@H]4O)nc32)CC1. The molecule has 0 saturated heterocycles. The molecule has 34 heavy (non-hydrogen) atoms. The number of hydrogen-bond donors (Lipinski definition) is 4. The third kappa shape index (κ3) is 4.52. The molecule has 0 unspecified atom stereocenters. The second-order valence-electron chi connectivity index (χ2n) is 9.11. The van der Waals surface area contributed by atoms with Crippen molar-refractivity contribution < 1.29 is 14.3 Å². The first-order valence-electron chi connectivity index (χ1n) is 11.6. The van der Waals surface area contributed by atoms with E-state index in [0.29, 0.717) is 53.8 Å². The Bertz CT molecular complexity index is 1210. The average Bonchev–Trinajstić information content (AvgIpc) is 3.38. The number of carbonyl (C=O) groups is 1. The highest BCUT2D eigenvalue weighted by Crippen LogP contribution is 2.37. The summed E-state index contributed by atoms with van der Waals surface area (Å²) in [4.78, 5) is 25.4. The molecule has 2 aliphatic carbocycles. The van der Waals surface area contributed by atoms with Crippen molar-refractivity contribution in [3.8, 4) is 0 Å². The fraction of sp³-hybridized carbons (Fsp3) is 0.478. The lowest BCUT2D eigenvalue weighted by atomic mass is 9.85. The number of carbonyl (C=O) groups excluding carboxylic acids is 1. The number of benzene rings is 1. The number of fused-ring (bicyclic) bond motifs is 1. The maximum atomic E-state index is 14.5. The molecule has 5 N–H and O–H groups in total. The van der Waals surface area contributed by atoms with E-state index in [2.05, 4.69) is 20.6 Å². The van der Waals surface area contributed by atoms with Gasteiger partial charge in [-0.2, -0.15) is 4.98 Å². The lowest BCUT2D eigenvalue weighted by Crippen LogP contribution is -2.29. The van der Waals surface area contributed by atoms with Gasteiger partial charge in [0.15, 0.2) is 5.65 Å². The Labute approximate surface area is 200 Å². The van der Waals surface area contributed by atoms with Crippen LogP contribution in [0.15, 0.2) is 24.4 Å². The predicted octanol–water partition coefficient (Wildman–Crippen LogP) is 3.90. The van der Waals surface area contributed by atoms with E-state index < -0.39 is 11.9 Å². The Morgan fingerprint density at radius 2 is 1.97 bits per heavy atom. The van der Waals surface area contributed by atoms with E-state index in [-0.39, 0.29) is 29.6 Å². The van der Waals surface area contributed by atoms with Crippen molar-refractivity contribution in [2.24, 2.45) is 11.7 Å². The lowest BCUT2D eigenvalue weighted by molar-refractivity contribution is -0.122. The largest absolute Gasteiger partial charge is 0.391 e. The van der Waals surface area contributed by atoms with Crippen molar-refractivity contribution in [2.75, 3.05) is 10.6 Å². The minimum atomic E-state index is -0.455. The summed E-state index contributed by atoms with van der Waals surface area (Å²) >= 11 is 6.08. The number of imidazole rings is 1. The van der Waals surface area contributed by atoms with Crippen molar-refractivity contribution in [1.82, 2.24) is 19.5 Å². The van der Waals surface area contributed by atoms with Gasteiger partial charge in [0, 0.05) is 17.0 Å². The van der Waals surface area contributed by atoms with E-state index in [4.69, 9.17) is 22.3 Å². The van der Waals surface area contributed by atoms with Crippen LogP contribution in [0.25, 0.3) is 11.2 Å². The quantitative estimate of drug-likeness (QED) is 0.414. The molecule has 1 aromatic carbocycles. The second-order valence-corrected chi connectivity index (χ2v) is 9.55. The predicted molar refractivity (Wildman–Crippen MR) is 127 cm³/mol. The maximum absolute atomic E-state index is 14.5. The average molecular weight is 488 g/mol. The number of halogens is 2. The number of nitrogens with one attached hydrogen (secondary N) is 2. The summed E-state index contributed by atoms with van der Waals surface area (Å²) < 4.78 is 16.4. The standard InChI is InChI=1S/C23H27ClFN7O2/c24-13-6-9-15(25)17(10-13)29-23-30-18-11-27-22(28-16-2-1-3-19(16)33)31-21(18)32(23)14-7-4-12(5-8-14)20(26)34/h6,9-12,14,16,19,33H,1-5,7-8H2,(H2,26,34)(H,29,30)(H,27,28,31)/t12-,14-,16-,19-/m1/s1. The number of primary amides is 1. The summed E-state index contributed by atoms with van der Waals surface area (Å²) in [5.74, 6) is -0.0539. The van der Waals surface area contributed by atoms with Gasteiger partial charge in [-0.05, 0) is 63.1 Å². The third-order valence-electron chi connectivity index (χ3n) is 6.87. The monoisotopic (exact) mass is 487 g/mol. The van der Waals surface area contributed by atoms with Gasteiger partial charge in [-0.3, -0.25) is 9.36 Å². The summed E-state index contributed by atoms with van der Waals surface area (Å²) in [5, 5.41) is 16.9. The van der Waals surface area contributed by atoms with Gasteiger partial charge in [-0.15, -0.1) is 0 Å². The Kier molecular flexibility index (Phi) is 6.26. The van der Waals surface area contributed by atoms with Crippen molar-refractivity contribution in [3.05, 3.63) is 35.2 Å². The highest BCUT2D eigenvalue weighted by molar-refractivity contribution is 6.30. The summed E-state index contributed by atoms with van der Waals surface area (Å²) in [6, 6.07) is 4.18. The molecule has 1 amide bonds. The van der Waals surface area contributed by atoms with Crippen molar-refractivity contribution in [2.45, 2.75) is 63.1 Å². The third-order valence-corrected chi connectivity index (χ3v) is 7.10. The Morgan fingerprint density at radius 1 is 1.18 bits per heavy atom. The Hall–Kier alpha value is -2.98. The second kappa shape index (κ2) is 9.34. The van der Waals surface area contributed by atoms with E-state index in [1.54, 1.807) is 6.20 Å². The van der Waals surface area contributed by atoms with Crippen LogP contribution in [-0.2, 0) is 4.79 Å². The van der Waals surface area contributed by atoms with E-state index in [1.807, 2.05) is 4.57 Å². The smallest absolute Gasteiger partial charge is 0.225 e. The topological polar surface area (TPSA) is 131 Å². The number of anilines is 3. The molecule has 2 atom stereocenters. The van der Waals surface area contributed by atoms with Crippen LogP contribution in [0.1, 0.15) is 51.0 Å². The molecule has 2 fully saturated rings. The number of aliphatic hydroxyl groups excluding tert-OH is 1. The number of hydrogen-bond acceptors (Lipinski definition) is 7. The minimum Gasteiger partial charge on any atom is -0.391 e. The normalized spacial score (nSPS) is 24.9. The maximum Gasteiger partial charge on any atom is 0.225 e. The van der Waals surface area contributed by atoms with E-state index in [9.17, 15) is 14.3 Å². The van der Waals surface area contributed by atoms with Gasteiger partial charge in [0.05, 0.1) is 24.0 Å². The summed E-state index contributed by atoms with van der Waals surface area (Å²) in [5.41, 5.74) is 6.87. The first-order valence-corrected chi connectivity index (χ1v) is 12.0. The van der Waals surface area contributed by atoms with E-state index in [0.717, 1.165) is 19.3 Å². The van der Waals surface area contributed by atoms with Gasteiger partial charge in [-0.25, -0.2) is 14.4 Å². The molecule has 11 heteroatoms. The molecule has 3 aromatic rings. The molecule has 0 aliphatic heterocycles. The van der Waals surface area contributed by atoms with Crippen molar-refractivity contribution >= 4 is 46.3 Å². The van der Waals surface area contributed by atoms with Crippen LogP contribution in [0, 0.1) is 11.7 Å². The fourth-order valence-electron chi connectivity index (χ4n) is 5.00. The number of aromatic nitrogens is 4. The van der Waals surface area contributed by atoms with Crippen LogP contribution in [0.3, 0.4) is 0 Å². The molecular formula is C23H27ClFN7O2. The minimum absolute atomic E-state index is 0.00911. The molecule has 2 aliphatic rings. The molecule has 2 heterocycles. The molecule has 5 rings (SSSR count). The van der Waals surface area contributed by atoms with Gasteiger partial charge >= 0.3 is 0 Å². The fourth-order valence-corrected chi connectivity index (χ4v) is 5.17. The Balaban J connectivity index is 1.52. The van der Waals surface area contributed by atoms with Crippen LogP contribution in [0.2, 0.25) is 5.02 Å². The molecule has 0 spiro atoms. The van der Waals surface area contributed by atoms with Gasteiger partial charge in [0.25, 0.3) is 0 Å².